The van der Waals surface area contributed by atoms with Crippen molar-refractivity contribution in [2.75, 3.05) is 0 Å². The van der Waals surface area contributed by atoms with E-state index in [-0.39, 0.29) is 0 Å². The van der Waals surface area contributed by atoms with Crippen LogP contribution in [0.2, 0.25) is 18.1 Å². The second kappa shape index (κ2) is 6.95. The molecule has 0 amide bonds. The highest BCUT2D eigenvalue weighted by Crippen LogP contribution is 2.41. The number of hydrogen-bond acceptors (Lipinski definition) is 1. The van der Waals surface area contributed by atoms with Crippen LogP contribution in [0, 0.1) is 11.8 Å². The van der Waals surface area contributed by atoms with Crippen molar-refractivity contribution in [2.45, 2.75) is 57.2 Å². The minimum atomic E-state index is -1.27. The molecule has 0 bridgehead atoms. The number of rotatable bonds is 4. The summed E-state index contributed by atoms with van der Waals surface area (Å²) < 4.78 is 0. The van der Waals surface area contributed by atoms with Gasteiger partial charge in [-0.2, -0.15) is 0 Å². The highest BCUT2D eigenvalue weighted by atomic mass is 28.3. The van der Waals surface area contributed by atoms with E-state index in [2.05, 4.69) is 43.3 Å². The molecule has 1 nitrogen and oxygen atoms in total. The van der Waals surface area contributed by atoms with Crippen molar-refractivity contribution in [3.8, 4) is 0 Å². The van der Waals surface area contributed by atoms with Crippen LogP contribution in [0.4, 0.5) is 0 Å². The summed E-state index contributed by atoms with van der Waals surface area (Å²) in [6, 6.07) is 15.7. The Balaban J connectivity index is 1.70. The summed E-state index contributed by atoms with van der Waals surface area (Å²) in [5, 5.41) is 1.68. The third kappa shape index (κ3) is 3.27. The molecule has 1 aromatic rings. The smallest absolute Gasteiger partial charge is 0.155 e. The predicted molar refractivity (Wildman–Crippen MR) is 96.1 cm³/mol. The first kappa shape index (κ1) is 15.7. The molecule has 22 heavy (non-hydrogen) atoms. The minimum Gasteiger partial charge on any atom is -0.295 e. The molecule has 1 heterocycles. The molecular formula is C20H28OSi. The van der Waals surface area contributed by atoms with E-state index in [0.717, 1.165) is 18.8 Å². The molecule has 2 aliphatic rings. The second-order valence-electron chi connectivity index (χ2n) is 7.26. The average molecular weight is 313 g/mol. The highest BCUT2D eigenvalue weighted by molar-refractivity contribution is 6.92. The SMILES string of the molecule is CCC[Si]1(c2ccccc2)CCC(C2C=CC(=O)CC2)CC1. The fourth-order valence-electron chi connectivity index (χ4n) is 4.69. The zero-order chi connectivity index (χ0) is 15.4. The lowest BCUT2D eigenvalue weighted by Crippen LogP contribution is -2.50. The number of carbonyl (C=O) groups is 1. The first-order valence-corrected chi connectivity index (χ1v) is 11.6. The third-order valence-corrected chi connectivity index (χ3v) is 11.5. The standard InChI is InChI=1S/C20H28OSi/c1-2-14-22(20-6-4-3-5-7-20)15-12-18(13-16-22)17-8-10-19(21)11-9-17/h3-8,10,17-18H,2,9,11-16H2,1H3. The third-order valence-electron chi connectivity index (χ3n) is 5.96. The van der Waals surface area contributed by atoms with Gasteiger partial charge >= 0.3 is 0 Å². The Bertz CT molecular complexity index is 526. The second-order valence-corrected chi connectivity index (χ2v) is 11.9. The van der Waals surface area contributed by atoms with Crippen molar-refractivity contribution in [1.82, 2.24) is 0 Å². The maximum atomic E-state index is 11.4. The normalized spacial score (nSPS) is 32.1. The van der Waals surface area contributed by atoms with Crippen molar-refractivity contribution in [1.29, 1.82) is 0 Å². The molecule has 0 aromatic heterocycles. The number of ketones is 1. The molecule has 1 atom stereocenters. The lowest BCUT2D eigenvalue weighted by molar-refractivity contribution is -0.115. The van der Waals surface area contributed by atoms with Crippen molar-refractivity contribution >= 4 is 19.0 Å². The van der Waals surface area contributed by atoms with Crippen LogP contribution in [-0.4, -0.2) is 13.9 Å². The van der Waals surface area contributed by atoms with Crippen LogP contribution in [-0.2, 0) is 4.79 Å². The molecule has 1 aliphatic heterocycles. The van der Waals surface area contributed by atoms with Gasteiger partial charge in [0.2, 0.25) is 0 Å². The molecule has 0 saturated carbocycles. The molecule has 1 aromatic carbocycles. The quantitative estimate of drug-likeness (QED) is 0.737. The van der Waals surface area contributed by atoms with Gasteiger partial charge in [-0.25, -0.2) is 0 Å². The maximum Gasteiger partial charge on any atom is 0.155 e. The summed E-state index contributed by atoms with van der Waals surface area (Å²) in [7, 11) is -1.27. The first-order valence-electron chi connectivity index (χ1n) is 9.00. The van der Waals surface area contributed by atoms with Gasteiger partial charge in [0.25, 0.3) is 0 Å². The van der Waals surface area contributed by atoms with Crippen LogP contribution in [0.3, 0.4) is 0 Å². The highest BCUT2D eigenvalue weighted by Gasteiger charge is 2.39. The summed E-state index contributed by atoms with van der Waals surface area (Å²) in [5.74, 6) is 1.82. The number of allylic oxidation sites excluding steroid dienone is 2. The van der Waals surface area contributed by atoms with Crippen molar-refractivity contribution in [3.05, 3.63) is 42.5 Å². The fourth-order valence-corrected chi connectivity index (χ4v) is 10.0. The Kier molecular flexibility index (Phi) is 4.97. The van der Waals surface area contributed by atoms with Gasteiger partial charge in [0.05, 0.1) is 8.07 Å². The monoisotopic (exact) mass is 312 g/mol. The van der Waals surface area contributed by atoms with Crippen molar-refractivity contribution in [2.24, 2.45) is 11.8 Å². The van der Waals surface area contributed by atoms with Gasteiger partial charge in [0.1, 0.15) is 0 Å². The molecule has 3 rings (SSSR count). The van der Waals surface area contributed by atoms with Gasteiger partial charge < -0.3 is 0 Å². The van der Waals surface area contributed by atoms with Gasteiger partial charge in [0, 0.05) is 6.42 Å². The van der Waals surface area contributed by atoms with E-state index in [0.29, 0.717) is 11.7 Å². The molecule has 1 saturated heterocycles. The van der Waals surface area contributed by atoms with Crippen LogP contribution in [0.5, 0.6) is 0 Å². The van der Waals surface area contributed by atoms with Crippen LogP contribution in [0.15, 0.2) is 42.5 Å². The van der Waals surface area contributed by atoms with Gasteiger partial charge in [0.15, 0.2) is 5.78 Å². The summed E-state index contributed by atoms with van der Waals surface area (Å²) >= 11 is 0. The van der Waals surface area contributed by atoms with Gasteiger partial charge in [-0.15, -0.1) is 0 Å². The Hall–Kier alpha value is -1.15. The summed E-state index contributed by atoms with van der Waals surface area (Å²) in [4.78, 5) is 11.4. The Morgan fingerprint density at radius 1 is 1.09 bits per heavy atom. The van der Waals surface area contributed by atoms with Crippen LogP contribution in [0.1, 0.15) is 39.0 Å². The molecule has 0 spiro atoms. The predicted octanol–water partition coefficient (Wildman–Crippen LogP) is 4.70. The van der Waals surface area contributed by atoms with Crippen LogP contribution < -0.4 is 5.19 Å². The zero-order valence-electron chi connectivity index (χ0n) is 13.8. The molecule has 0 radical (unpaired) electrons. The van der Waals surface area contributed by atoms with Gasteiger partial charge in [-0.3, -0.25) is 4.79 Å². The van der Waals surface area contributed by atoms with Gasteiger partial charge in [-0.1, -0.05) is 85.9 Å². The van der Waals surface area contributed by atoms with E-state index >= 15 is 0 Å². The van der Waals surface area contributed by atoms with E-state index in [1.165, 1.54) is 37.4 Å². The molecule has 0 N–H and O–H groups in total. The Morgan fingerprint density at radius 3 is 2.41 bits per heavy atom. The van der Waals surface area contributed by atoms with Crippen molar-refractivity contribution in [3.63, 3.8) is 0 Å². The van der Waals surface area contributed by atoms with Gasteiger partial charge in [-0.05, 0) is 24.3 Å². The maximum absolute atomic E-state index is 11.4. The molecule has 2 heteroatoms. The number of benzene rings is 1. The largest absolute Gasteiger partial charge is 0.295 e. The topological polar surface area (TPSA) is 17.1 Å². The van der Waals surface area contributed by atoms with Crippen LogP contribution in [0.25, 0.3) is 0 Å². The lowest BCUT2D eigenvalue weighted by atomic mass is 9.81. The van der Waals surface area contributed by atoms with E-state index in [4.69, 9.17) is 0 Å². The zero-order valence-corrected chi connectivity index (χ0v) is 14.8. The summed E-state index contributed by atoms with van der Waals surface area (Å²) in [6.07, 6.45) is 10.0. The Morgan fingerprint density at radius 2 is 1.82 bits per heavy atom. The molecule has 1 unspecified atom stereocenters. The molecule has 1 fully saturated rings. The molecule has 118 valence electrons. The Labute approximate surface area is 135 Å². The fraction of sp³-hybridized carbons (Fsp3) is 0.550. The number of carbonyl (C=O) groups excluding carboxylic acids is 1. The molecule has 1 aliphatic carbocycles. The lowest BCUT2D eigenvalue weighted by Gasteiger charge is -2.41. The summed E-state index contributed by atoms with van der Waals surface area (Å²) in [5.41, 5.74) is 0. The van der Waals surface area contributed by atoms with E-state index in [1.807, 2.05) is 6.08 Å². The van der Waals surface area contributed by atoms with E-state index in [9.17, 15) is 4.79 Å². The minimum absolute atomic E-state index is 0.325. The van der Waals surface area contributed by atoms with Crippen molar-refractivity contribution < 1.29 is 4.79 Å². The van der Waals surface area contributed by atoms with Crippen LogP contribution >= 0.6 is 0 Å². The first-order chi connectivity index (χ1) is 10.7. The van der Waals surface area contributed by atoms with E-state index < -0.39 is 8.07 Å². The average Bonchev–Trinajstić information content (AvgIpc) is 2.57. The van der Waals surface area contributed by atoms with E-state index in [1.54, 1.807) is 5.19 Å². The number of hydrogen-bond donors (Lipinski definition) is 0. The molecular weight excluding hydrogens is 284 g/mol. The summed E-state index contributed by atoms with van der Waals surface area (Å²) in [6.45, 7) is 2.35.